The number of anilines is 2. The van der Waals surface area contributed by atoms with E-state index in [0.717, 1.165) is 29.1 Å². The van der Waals surface area contributed by atoms with E-state index in [1.807, 2.05) is 0 Å². The van der Waals surface area contributed by atoms with Crippen LogP contribution in [-0.4, -0.2) is 5.11 Å². The van der Waals surface area contributed by atoms with Crippen molar-refractivity contribution in [2.24, 2.45) is 17.8 Å². The van der Waals surface area contributed by atoms with Crippen LogP contribution < -0.4 is 10.6 Å². The summed E-state index contributed by atoms with van der Waals surface area (Å²) in [5, 5.41) is 7.23. The van der Waals surface area contributed by atoms with E-state index in [1.54, 1.807) is 5.56 Å². The van der Waals surface area contributed by atoms with Crippen LogP contribution in [0, 0.1) is 24.7 Å². The van der Waals surface area contributed by atoms with Crippen LogP contribution in [0.1, 0.15) is 49.7 Å². The smallest absolute Gasteiger partial charge is 0.175 e. The third-order valence-corrected chi connectivity index (χ3v) is 7.31. The molecule has 0 amide bonds. The van der Waals surface area contributed by atoms with Crippen LogP contribution in [-0.2, 0) is 5.41 Å². The zero-order chi connectivity index (χ0) is 18.4. The van der Waals surface area contributed by atoms with E-state index in [9.17, 15) is 0 Å². The molecule has 4 aliphatic carbocycles. The molecule has 4 saturated carbocycles. The van der Waals surface area contributed by atoms with Crippen LogP contribution in [0.15, 0.2) is 48.5 Å². The van der Waals surface area contributed by atoms with Crippen molar-refractivity contribution in [2.75, 3.05) is 10.6 Å². The van der Waals surface area contributed by atoms with Gasteiger partial charge in [-0.15, -0.1) is 0 Å². The predicted octanol–water partition coefficient (Wildman–Crippen LogP) is 6.27. The largest absolute Gasteiger partial charge is 0.332 e. The molecule has 0 radical (unpaired) electrons. The zero-order valence-electron chi connectivity index (χ0n) is 16.0. The van der Waals surface area contributed by atoms with Crippen molar-refractivity contribution in [3.8, 4) is 0 Å². The Morgan fingerprint density at radius 1 is 0.778 bits per heavy atom. The molecule has 2 aromatic rings. The van der Waals surface area contributed by atoms with E-state index < -0.39 is 0 Å². The van der Waals surface area contributed by atoms with Gasteiger partial charge in [0.25, 0.3) is 0 Å². The van der Waals surface area contributed by atoms with Gasteiger partial charge in [0.05, 0.1) is 0 Å². The molecular weight excluding hydrogens is 348 g/mol. The van der Waals surface area contributed by atoms with E-state index in [2.05, 4.69) is 66.1 Å². The average Bonchev–Trinajstić information content (AvgIpc) is 2.63. The zero-order valence-corrected chi connectivity index (χ0v) is 16.8. The molecule has 2 nitrogen and oxygen atoms in total. The van der Waals surface area contributed by atoms with Gasteiger partial charge in [-0.3, -0.25) is 0 Å². The molecule has 4 fully saturated rings. The Morgan fingerprint density at radius 3 is 1.70 bits per heavy atom. The minimum absolute atomic E-state index is 0.466. The van der Waals surface area contributed by atoms with Crippen molar-refractivity contribution in [1.29, 1.82) is 0 Å². The number of thiocarbonyl (C=S) groups is 1. The molecule has 2 aromatic carbocycles. The van der Waals surface area contributed by atoms with Gasteiger partial charge < -0.3 is 10.6 Å². The molecule has 0 atom stereocenters. The van der Waals surface area contributed by atoms with E-state index in [1.165, 1.54) is 44.1 Å². The molecule has 4 bridgehead atoms. The van der Waals surface area contributed by atoms with Crippen LogP contribution in [0.3, 0.4) is 0 Å². The summed E-state index contributed by atoms with van der Waals surface area (Å²) >= 11 is 5.48. The van der Waals surface area contributed by atoms with Crippen molar-refractivity contribution >= 4 is 28.7 Å². The van der Waals surface area contributed by atoms with E-state index >= 15 is 0 Å². The topological polar surface area (TPSA) is 24.1 Å². The summed E-state index contributed by atoms with van der Waals surface area (Å²) in [4.78, 5) is 0. The number of benzene rings is 2. The third-order valence-electron chi connectivity index (χ3n) is 7.10. The number of hydrogen-bond donors (Lipinski definition) is 2. The standard InChI is InChI=1S/C24H28N2S/c1-16-2-6-21(7-3-16)25-23(27)26-22-8-4-20(5-9-22)24-13-17-10-18(14-24)12-19(11-17)15-24/h2-9,17-19H,10-15H2,1H3,(H2,25,26,27). The normalized spacial score (nSPS) is 30.9. The van der Waals surface area contributed by atoms with Crippen molar-refractivity contribution in [2.45, 2.75) is 50.9 Å². The Balaban J connectivity index is 1.27. The molecule has 4 aliphatic rings. The molecule has 3 heteroatoms. The third kappa shape index (κ3) is 3.38. The molecule has 6 rings (SSSR count). The van der Waals surface area contributed by atoms with Crippen LogP contribution in [0.2, 0.25) is 0 Å². The summed E-state index contributed by atoms with van der Waals surface area (Å²) in [6.45, 7) is 2.09. The Morgan fingerprint density at radius 2 is 1.22 bits per heavy atom. The molecule has 0 aliphatic heterocycles. The molecular formula is C24H28N2S. The average molecular weight is 377 g/mol. The second-order valence-corrected chi connectivity index (χ2v) is 9.63. The number of rotatable bonds is 3. The van der Waals surface area contributed by atoms with Gasteiger partial charge in [-0.2, -0.15) is 0 Å². The summed E-state index contributed by atoms with van der Waals surface area (Å²) in [7, 11) is 0. The Hall–Kier alpha value is -1.87. The van der Waals surface area contributed by atoms with Crippen LogP contribution in [0.4, 0.5) is 11.4 Å². The van der Waals surface area contributed by atoms with Crippen molar-refractivity contribution in [3.63, 3.8) is 0 Å². The fourth-order valence-corrected chi connectivity index (χ4v) is 6.54. The first-order chi connectivity index (χ1) is 13.1. The van der Waals surface area contributed by atoms with Crippen LogP contribution in [0.25, 0.3) is 0 Å². The lowest BCUT2D eigenvalue weighted by molar-refractivity contribution is -0.00518. The second kappa shape index (κ2) is 6.63. The highest BCUT2D eigenvalue weighted by molar-refractivity contribution is 7.80. The van der Waals surface area contributed by atoms with Gasteiger partial charge in [-0.25, -0.2) is 0 Å². The first kappa shape index (κ1) is 17.2. The van der Waals surface area contributed by atoms with Gasteiger partial charge in [-0.05, 0) is 111 Å². The Labute approximate surface area is 167 Å². The van der Waals surface area contributed by atoms with Crippen LogP contribution in [0.5, 0.6) is 0 Å². The van der Waals surface area contributed by atoms with Gasteiger partial charge in [-0.1, -0.05) is 29.8 Å². The first-order valence-corrected chi connectivity index (χ1v) is 10.7. The Bertz CT molecular complexity index is 802. The Kier molecular flexibility index (Phi) is 4.23. The SMILES string of the molecule is Cc1ccc(NC(=S)Nc2ccc(C34CC5CC(CC(C5)C3)C4)cc2)cc1. The van der Waals surface area contributed by atoms with Gasteiger partial charge in [0.1, 0.15) is 0 Å². The van der Waals surface area contributed by atoms with Crippen molar-refractivity contribution < 1.29 is 0 Å². The molecule has 140 valence electrons. The minimum Gasteiger partial charge on any atom is -0.332 e. The lowest BCUT2D eigenvalue weighted by Crippen LogP contribution is -2.48. The minimum atomic E-state index is 0.466. The lowest BCUT2D eigenvalue weighted by atomic mass is 9.48. The summed E-state index contributed by atoms with van der Waals surface area (Å²) in [5.41, 5.74) is 5.36. The number of hydrogen-bond acceptors (Lipinski definition) is 1. The van der Waals surface area contributed by atoms with E-state index in [-0.39, 0.29) is 0 Å². The summed E-state index contributed by atoms with van der Waals surface area (Å²) in [6, 6.07) is 17.4. The number of aryl methyl sites for hydroxylation is 1. The maximum absolute atomic E-state index is 5.48. The maximum atomic E-state index is 5.48. The van der Waals surface area contributed by atoms with Crippen LogP contribution >= 0.6 is 12.2 Å². The molecule has 27 heavy (non-hydrogen) atoms. The van der Waals surface area contributed by atoms with Gasteiger partial charge in [0, 0.05) is 11.4 Å². The fraction of sp³-hybridized carbons (Fsp3) is 0.458. The highest BCUT2D eigenvalue weighted by Crippen LogP contribution is 2.60. The van der Waals surface area contributed by atoms with Crippen molar-refractivity contribution in [1.82, 2.24) is 0 Å². The first-order valence-electron chi connectivity index (χ1n) is 10.3. The summed E-state index contributed by atoms with van der Waals surface area (Å²) < 4.78 is 0. The summed E-state index contributed by atoms with van der Waals surface area (Å²) in [5.74, 6) is 2.96. The van der Waals surface area contributed by atoms with E-state index in [0.29, 0.717) is 10.5 Å². The molecule has 0 heterocycles. The molecule has 0 aromatic heterocycles. The predicted molar refractivity (Wildman–Crippen MR) is 117 cm³/mol. The summed E-state index contributed by atoms with van der Waals surface area (Å²) in [6.07, 6.45) is 8.74. The quantitative estimate of drug-likeness (QED) is 0.617. The fourth-order valence-electron chi connectivity index (χ4n) is 6.30. The van der Waals surface area contributed by atoms with Gasteiger partial charge >= 0.3 is 0 Å². The molecule has 2 N–H and O–H groups in total. The molecule has 0 spiro atoms. The second-order valence-electron chi connectivity index (χ2n) is 9.22. The lowest BCUT2D eigenvalue weighted by Gasteiger charge is -2.57. The van der Waals surface area contributed by atoms with Gasteiger partial charge in [0.15, 0.2) is 5.11 Å². The number of nitrogens with one attached hydrogen (secondary N) is 2. The highest BCUT2D eigenvalue weighted by atomic mass is 32.1. The van der Waals surface area contributed by atoms with Gasteiger partial charge in [0.2, 0.25) is 0 Å². The monoisotopic (exact) mass is 376 g/mol. The molecule has 0 saturated heterocycles. The molecule has 0 unspecified atom stereocenters. The van der Waals surface area contributed by atoms with Crippen molar-refractivity contribution in [3.05, 3.63) is 59.7 Å². The maximum Gasteiger partial charge on any atom is 0.175 e. The van der Waals surface area contributed by atoms with E-state index in [4.69, 9.17) is 12.2 Å². The highest BCUT2D eigenvalue weighted by Gasteiger charge is 2.51.